The number of anilines is 1. The Labute approximate surface area is 149 Å². The van der Waals surface area contributed by atoms with Crippen molar-refractivity contribution in [2.45, 2.75) is 19.3 Å². The molecule has 0 bridgehead atoms. The monoisotopic (exact) mass is 345 g/mol. The molecule has 0 aliphatic carbocycles. The molecule has 2 saturated heterocycles. The molecule has 24 heavy (non-hydrogen) atoms. The minimum atomic E-state index is 0. The largest absolute Gasteiger partial charge is 0.324 e. The fourth-order valence-corrected chi connectivity index (χ4v) is 4.02. The molecule has 1 spiro atoms. The fraction of sp³-hybridized carbons (Fsp3) is 0.421. The van der Waals surface area contributed by atoms with E-state index in [2.05, 4.69) is 28.8 Å². The first-order chi connectivity index (χ1) is 11.3. The predicted octanol–water partition coefficient (Wildman–Crippen LogP) is 3.87. The Hall–Kier alpha value is -1.78. The number of hydrogen-bond acceptors (Lipinski definition) is 2. The molecular weight excluding hydrogens is 322 g/mol. The molecule has 2 aromatic carbocycles. The second kappa shape index (κ2) is 6.99. The molecule has 5 heteroatoms. The molecule has 2 amide bonds. The van der Waals surface area contributed by atoms with Gasteiger partial charge in [0.1, 0.15) is 0 Å². The van der Waals surface area contributed by atoms with E-state index in [1.54, 1.807) is 0 Å². The normalized spacial score (nSPS) is 23.2. The van der Waals surface area contributed by atoms with Crippen LogP contribution >= 0.6 is 12.4 Å². The number of rotatable bonds is 1. The summed E-state index contributed by atoms with van der Waals surface area (Å²) in [5, 5.41) is 8.85. The van der Waals surface area contributed by atoms with Crippen LogP contribution in [-0.4, -0.2) is 37.1 Å². The summed E-state index contributed by atoms with van der Waals surface area (Å²) >= 11 is 0. The summed E-state index contributed by atoms with van der Waals surface area (Å²) in [5.41, 5.74) is 1.20. The van der Waals surface area contributed by atoms with Gasteiger partial charge >= 0.3 is 6.03 Å². The summed E-state index contributed by atoms with van der Waals surface area (Å²) in [5.74, 6) is 0. The Bertz CT molecular complexity index is 722. The van der Waals surface area contributed by atoms with Gasteiger partial charge in [0.25, 0.3) is 0 Å². The minimum absolute atomic E-state index is 0. The molecular formula is C19H24ClN3O. The lowest BCUT2D eigenvalue weighted by molar-refractivity contribution is 0.195. The van der Waals surface area contributed by atoms with Crippen LogP contribution in [0.1, 0.15) is 19.3 Å². The summed E-state index contributed by atoms with van der Waals surface area (Å²) < 4.78 is 0. The number of amides is 2. The lowest BCUT2D eigenvalue weighted by atomic mass is 9.80. The number of piperidine rings is 1. The zero-order valence-electron chi connectivity index (χ0n) is 13.8. The number of halogens is 1. The van der Waals surface area contributed by atoms with E-state index in [0.717, 1.165) is 49.1 Å². The van der Waals surface area contributed by atoms with Crippen molar-refractivity contribution < 1.29 is 4.79 Å². The molecule has 2 aliphatic rings. The van der Waals surface area contributed by atoms with Gasteiger partial charge in [-0.15, -0.1) is 12.4 Å². The zero-order chi connectivity index (χ0) is 15.7. The highest BCUT2D eigenvalue weighted by atomic mass is 35.5. The molecule has 2 heterocycles. The van der Waals surface area contributed by atoms with Gasteiger partial charge in [-0.2, -0.15) is 0 Å². The number of likely N-dealkylation sites (tertiary alicyclic amines) is 1. The van der Waals surface area contributed by atoms with E-state index >= 15 is 0 Å². The van der Waals surface area contributed by atoms with Crippen molar-refractivity contribution in [3.05, 3.63) is 42.5 Å². The maximum atomic E-state index is 12.7. The molecule has 1 unspecified atom stereocenters. The van der Waals surface area contributed by atoms with E-state index in [9.17, 15) is 4.79 Å². The lowest BCUT2D eigenvalue weighted by Gasteiger charge is -2.33. The third-order valence-corrected chi connectivity index (χ3v) is 5.32. The van der Waals surface area contributed by atoms with Crippen LogP contribution in [0.4, 0.5) is 10.5 Å². The Morgan fingerprint density at radius 1 is 1.12 bits per heavy atom. The van der Waals surface area contributed by atoms with E-state index in [0.29, 0.717) is 5.41 Å². The number of nitrogens with one attached hydrogen (secondary N) is 2. The molecule has 0 aromatic heterocycles. The molecule has 2 N–H and O–H groups in total. The predicted molar refractivity (Wildman–Crippen MR) is 101 cm³/mol. The number of hydrogen-bond donors (Lipinski definition) is 2. The first kappa shape index (κ1) is 17.1. The maximum absolute atomic E-state index is 12.7. The summed E-state index contributed by atoms with van der Waals surface area (Å²) in [6.45, 7) is 3.89. The van der Waals surface area contributed by atoms with Crippen molar-refractivity contribution in [2.75, 3.05) is 31.5 Å². The Kier molecular flexibility index (Phi) is 4.97. The number of carbonyl (C=O) groups is 1. The van der Waals surface area contributed by atoms with Crippen molar-refractivity contribution in [1.29, 1.82) is 0 Å². The molecule has 128 valence electrons. The van der Waals surface area contributed by atoms with Crippen molar-refractivity contribution in [1.82, 2.24) is 10.2 Å². The maximum Gasteiger partial charge on any atom is 0.321 e. The van der Waals surface area contributed by atoms with Crippen molar-refractivity contribution in [3.8, 4) is 0 Å². The first-order valence-corrected chi connectivity index (χ1v) is 8.50. The van der Waals surface area contributed by atoms with E-state index in [1.807, 2.05) is 29.2 Å². The van der Waals surface area contributed by atoms with E-state index < -0.39 is 0 Å². The Morgan fingerprint density at radius 2 is 1.96 bits per heavy atom. The van der Waals surface area contributed by atoms with Gasteiger partial charge in [0.15, 0.2) is 0 Å². The molecule has 2 aromatic rings. The minimum Gasteiger partial charge on any atom is -0.324 e. The van der Waals surface area contributed by atoms with Crippen molar-refractivity contribution >= 4 is 34.9 Å². The van der Waals surface area contributed by atoms with Gasteiger partial charge in [-0.25, -0.2) is 4.79 Å². The number of nitrogens with zero attached hydrogens (tertiary/aromatic N) is 1. The molecule has 0 saturated carbocycles. The van der Waals surface area contributed by atoms with Gasteiger partial charge in [-0.05, 0) is 37.3 Å². The van der Waals surface area contributed by atoms with Crippen molar-refractivity contribution in [2.24, 2.45) is 5.41 Å². The third-order valence-electron chi connectivity index (χ3n) is 5.32. The van der Waals surface area contributed by atoms with E-state index in [1.165, 1.54) is 12.8 Å². The molecule has 4 rings (SSSR count). The number of carbonyl (C=O) groups excluding carboxylic acids is 1. The van der Waals surface area contributed by atoms with Gasteiger partial charge in [0.2, 0.25) is 0 Å². The topological polar surface area (TPSA) is 44.4 Å². The molecule has 2 aliphatic heterocycles. The van der Waals surface area contributed by atoms with Gasteiger partial charge in [-0.1, -0.05) is 36.4 Å². The number of urea groups is 1. The lowest BCUT2D eigenvalue weighted by Crippen LogP contribution is -2.43. The quantitative estimate of drug-likeness (QED) is 0.824. The van der Waals surface area contributed by atoms with Crippen LogP contribution < -0.4 is 10.6 Å². The van der Waals surface area contributed by atoms with Crippen LogP contribution in [0.15, 0.2) is 42.5 Å². The van der Waals surface area contributed by atoms with Gasteiger partial charge in [0.05, 0.1) is 5.69 Å². The van der Waals surface area contributed by atoms with Crippen LogP contribution in [0.25, 0.3) is 10.8 Å². The smallest absolute Gasteiger partial charge is 0.321 e. The number of fused-ring (bicyclic) bond motifs is 1. The highest BCUT2D eigenvalue weighted by Crippen LogP contribution is 2.36. The molecule has 1 atom stereocenters. The highest BCUT2D eigenvalue weighted by molar-refractivity contribution is 6.01. The average molecular weight is 346 g/mol. The number of benzene rings is 2. The molecule has 4 nitrogen and oxygen atoms in total. The van der Waals surface area contributed by atoms with Crippen LogP contribution in [0.2, 0.25) is 0 Å². The highest BCUT2D eigenvalue weighted by Gasteiger charge is 2.40. The van der Waals surface area contributed by atoms with Crippen LogP contribution in [0.3, 0.4) is 0 Å². The van der Waals surface area contributed by atoms with Gasteiger partial charge in [0, 0.05) is 30.4 Å². The molecule has 0 radical (unpaired) electrons. The van der Waals surface area contributed by atoms with Crippen LogP contribution in [-0.2, 0) is 0 Å². The standard InChI is InChI=1S/C19H23N3O.ClH/c23-18(22-12-10-19(14-22)9-4-11-20-13-19)21-17-8-3-6-15-5-1-2-7-16(15)17;/h1-3,5-8,20H,4,9-14H2,(H,21,23);1H. The summed E-state index contributed by atoms with van der Waals surface area (Å²) in [6, 6.07) is 14.2. The Balaban J connectivity index is 0.00000169. The van der Waals surface area contributed by atoms with Crippen LogP contribution in [0.5, 0.6) is 0 Å². The average Bonchev–Trinajstić information content (AvgIpc) is 2.99. The second-order valence-electron chi connectivity index (χ2n) is 6.91. The summed E-state index contributed by atoms with van der Waals surface area (Å²) in [7, 11) is 0. The second-order valence-corrected chi connectivity index (χ2v) is 6.91. The van der Waals surface area contributed by atoms with Gasteiger partial charge in [-0.3, -0.25) is 0 Å². The SMILES string of the molecule is Cl.O=C(Nc1cccc2ccccc12)N1CCC2(CCCNC2)C1. The zero-order valence-corrected chi connectivity index (χ0v) is 14.6. The van der Waals surface area contributed by atoms with Gasteiger partial charge < -0.3 is 15.5 Å². The van der Waals surface area contributed by atoms with Crippen LogP contribution in [0, 0.1) is 5.41 Å². The van der Waals surface area contributed by atoms with Crippen molar-refractivity contribution in [3.63, 3.8) is 0 Å². The molecule has 2 fully saturated rings. The van der Waals surface area contributed by atoms with E-state index in [-0.39, 0.29) is 18.4 Å². The third kappa shape index (κ3) is 3.21. The first-order valence-electron chi connectivity index (χ1n) is 8.50. The Morgan fingerprint density at radius 3 is 2.79 bits per heavy atom. The summed E-state index contributed by atoms with van der Waals surface area (Å²) in [6.07, 6.45) is 3.57. The summed E-state index contributed by atoms with van der Waals surface area (Å²) in [4.78, 5) is 14.7. The fourth-order valence-electron chi connectivity index (χ4n) is 4.02. The van der Waals surface area contributed by atoms with E-state index in [4.69, 9.17) is 0 Å².